The van der Waals surface area contributed by atoms with Gasteiger partial charge in [-0.25, -0.2) is 17.6 Å². The first-order valence-corrected chi connectivity index (χ1v) is 9.18. The van der Waals surface area contributed by atoms with E-state index >= 15 is 0 Å². The number of ketones is 2. The predicted molar refractivity (Wildman–Crippen MR) is 108 cm³/mol. The van der Waals surface area contributed by atoms with E-state index in [0.29, 0.717) is 10.9 Å². The van der Waals surface area contributed by atoms with Crippen molar-refractivity contribution in [3.8, 4) is 0 Å². The molecule has 0 aliphatic heterocycles. The molecule has 0 saturated heterocycles. The number of aromatic nitrogens is 1. The van der Waals surface area contributed by atoms with Gasteiger partial charge in [0.05, 0.1) is 0 Å². The lowest BCUT2D eigenvalue weighted by atomic mass is 9.99. The molecule has 0 spiro atoms. The molecule has 3 N–H and O–H groups in total. The van der Waals surface area contributed by atoms with E-state index in [2.05, 4.69) is 10.1 Å². The Morgan fingerprint density at radius 1 is 0.853 bits per heavy atom. The second kappa shape index (κ2) is 9.03. The van der Waals surface area contributed by atoms with Crippen molar-refractivity contribution in [2.45, 2.75) is 13.8 Å². The summed E-state index contributed by atoms with van der Waals surface area (Å²) in [7, 11) is 0. The SMILES string of the molecule is CC(=O)c1cc2cc(C(=O)NNC(=O)c3c(F)c(F)c(N=[N+]=[N-])c(F)c3F)[nH]c2cc1C(C)=O. The predicted octanol–water partition coefficient (Wildman–Crippen LogP) is 4.15. The summed E-state index contributed by atoms with van der Waals surface area (Å²) >= 11 is 0. The minimum atomic E-state index is -2.15. The molecule has 2 aromatic carbocycles. The molecule has 0 fully saturated rings. The van der Waals surface area contributed by atoms with Crippen LogP contribution < -0.4 is 10.9 Å². The first kappa shape index (κ1) is 23.9. The summed E-state index contributed by atoms with van der Waals surface area (Å²) in [5.41, 5.74) is 8.67. The fraction of sp³-hybridized carbons (Fsp3) is 0.100. The number of hydrogen-bond acceptors (Lipinski definition) is 5. The van der Waals surface area contributed by atoms with Crippen LogP contribution in [-0.2, 0) is 0 Å². The molecule has 3 aromatic rings. The molecule has 2 amide bonds. The van der Waals surface area contributed by atoms with Crippen molar-refractivity contribution in [3.05, 3.63) is 74.3 Å². The Bertz CT molecular complexity index is 1380. The molecule has 0 unspecified atom stereocenters. The molecule has 14 heteroatoms. The van der Waals surface area contributed by atoms with Crippen molar-refractivity contribution < 1.29 is 36.7 Å². The molecule has 0 aliphatic rings. The molecule has 0 bridgehead atoms. The number of carbonyl (C=O) groups is 4. The number of fused-ring (bicyclic) bond motifs is 1. The largest absolute Gasteiger partial charge is 0.350 e. The maximum atomic E-state index is 14.1. The molecule has 0 aliphatic carbocycles. The Morgan fingerprint density at radius 3 is 1.91 bits per heavy atom. The van der Waals surface area contributed by atoms with Gasteiger partial charge in [-0.05, 0) is 37.6 Å². The molecule has 3 rings (SSSR count). The van der Waals surface area contributed by atoms with Gasteiger partial charge in [0.25, 0.3) is 11.8 Å². The van der Waals surface area contributed by atoms with Crippen LogP contribution in [0.25, 0.3) is 21.3 Å². The zero-order chi connectivity index (χ0) is 25.3. The van der Waals surface area contributed by atoms with E-state index in [-0.39, 0.29) is 22.6 Å². The van der Waals surface area contributed by atoms with Gasteiger partial charge in [-0.2, -0.15) is 0 Å². The minimum Gasteiger partial charge on any atom is -0.350 e. The molecule has 0 atom stereocenters. The fourth-order valence-electron chi connectivity index (χ4n) is 3.08. The number of amides is 2. The highest BCUT2D eigenvalue weighted by Crippen LogP contribution is 2.30. The summed E-state index contributed by atoms with van der Waals surface area (Å²) in [5, 5.41) is 2.86. The molecule has 1 heterocycles. The number of nitrogens with zero attached hydrogens (tertiary/aromatic N) is 3. The van der Waals surface area contributed by atoms with Crippen LogP contribution in [0.15, 0.2) is 23.3 Å². The van der Waals surface area contributed by atoms with Crippen LogP contribution in [0.1, 0.15) is 55.4 Å². The van der Waals surface area contributed by atoms with Crippen LogP contribution in [0.3, 0.4) is 0 Å². The summed E-state index contributed by atoms with van der Waals surface area (Å²) in [6.07, 6.45) is 0. The van der Waals surface area contributed by atoms with E-state index in [9.17, 15) is 36.7 Å². The monoisotopic (exact) mass is 476 g/mol. The standard InChI is InChI=1S/C20H12F4N6O4/c1-6(31)9-3-8-4-12(26-11(8)5-10(9)7(2)32)19(33)28-29-20(34)13-14(21)16(23)18(27-30-25)17(24)15(13)22/h3-5,26H,1-2H3,(H,28,33)(H,29,34). The average Bonchev–Trinajstić information content (AvgIpc) is 3.21. The van der Waals surface area contributed by atoms with E-state index < -0.39 is 52.1 Å². The van der Waals surface area contributed by atoms with Crippen molar-refractivity contribution in [1.29, 1.82) is 0 Å². The summed E-state index contributed by atoms with van der Waals surface area (Å²) < 4.78 is 55.8. The highest BCUT2D eigenvalue weighted by atomic mass is 19.2. The van der Waals surface area contributed by atoms with Gasteiger partial charge in [-0.15, -0.1) is 0 Å². The van der Waals surface area contributed by atoms with Crippen LogP contribution in [0.5, 0.6) is 0 Å². The van der Waals surface area contributed by atoms with Crippen LogP contribution in [0, 0.1) is 23.3 Å². The number of rotatable bonds is 5. The number of carbonyl (C=O) groups excluding carboxylic acids is 4. The molecule has 34 heavy (non-hydrogen) atoms. The van der Waals surface area contributed by atoms with Crippen molar-refractivity contribution in [1.82, 2.24) is 15.8 Å². The molecular formula is C20H12F4N6O4. The van der Waals surface area contributed by atoms with Gasteiger partial charge in [0.15, 0.2) is 34.8 Å². The summed E-state index contributed by atoms with van der Waals surface area (Å²) in [5.74, 6) is -12.1. The van der Waals surface area contributed by atoms with Crippen LogP contribution in [-0.4, -0.2) is 28.4 Å². The lowest BCUT2D eigenvalue weighted by Crippen LogP contribution is -2.42. The summed E-state index contributed by atoms with van der Waals surface area (Å²) in [6, 6.07) is 4.00. The molecule has 0 saturated carbocycles. The Kier molecular flexibility index (Phi) is 6.36. The van der Waals surface area contributed by atoms with E-state index in [0.717, 1.165) is 0 Å². The van der Waals surface area contributed by atoms with Crippen molar-refractivity contribution in [3.63, 3.8) is 0 Å². The van der Waals surface area contributed by atoms with Crippen molar-refractivity contribution in [2.24, 2.45) is 5.11 Å². The molecule has 10 nitrogen and oxygen atoms in total. The summed E-state index contributed by atoms with van der Waals surface area (Å²) in [6.45, 7) is 2.51. The first-order valence-electron chi connectivity index (χ1n) is 9.18. The van der Waals surface area contributed by atoms with Gasteiger partial charge in [0, 0.05) is 26.9 Å². The minimum absolute atomic E-state index is 0.112. The third kappa shape index (κ3) is 4.17. The number of Topliss-reactive ketones (excluding diaryl/α,β-unsaturated/α-hetero) is 2. The molecule has 1 aromatic heterocycles. The summed E-state index contributed by atoms with van der Waals surface area (Å²) in [4.78, 5) is 52.7. The van der Waals surface area contributed by atoms with Crippen molar-refractivity contribution >= 4 is 40.0 Å². The van der Waals surface area contributed by atoms with Gasteiger partial charge in [-0.3, -0.25) is 30.0 Å². The smallest absolute Gasteiger partial charge is 0.286 e. The highest BCUT2D eigenvalue weighted by molar-refractivity contribution is 6.11. The topological polar surface area (TPSA) is 157 Å². The number of nitrogens with one attached hydrogen (secondary N) is 3. The normalized spacial score (nSPS) is 10.5. The second-order valence-corrected chi connectivity index (χ2v) is 6.86. The Balaban J connectivity index is 1.88. The number of H-pyrrole nitrogens is 1. The molecular weight excluding hydrogens is 464 g/mol. The van der Waals surface area contributed by atoms with Crippen LogP contribution in [0.2, 0.25) is 0 Å². The van der Waals surface area contributed by atoms with Gasteiger partial charge >= 0.3 is 0 Å². The molecule has 174 valence electrons. The first-order chi connectivity index (χ1) is 16.0. The highest BCUT2D eigenvalue weighted by Gasteiger charge is 2.29. The van der Waals surface area contributed by atoms with Crippen LogP contribution >= 0.6 is 0 Å². The van der Waals surface area contributed by atoms with E-state index in [1.807, 2.05) is 4.91 Å². The number of azide groups is 1. The maximum Gasteiger partial charge on any atom is 0.286 e. The lowest BCUT2D eigenvalue weighted by Gasteiger charge is -2.10. The van der Waals surface area contributed by atoms with Gasteiger partial charge in [0.2, 0.25) is 0 Å². The fourth-order valence-corrected chi connectivity index (χ4v) is 3.08. The van der Waals surface area contributed by atoms with E-state index in [4.69, 9.17) is 5.53 Å². The Hall–Kier alpha value is -4.71. The quantitative estimate of drug-likeness (QED) is 0.0962. The maximum absolute atomic E-state index is 14.1. The third-order valence-corrected chi connectivity index (χ3v) is 4.66. The van der Waals surface area contributed by atoms with E-state index in [1.165, 1.54) is 32.0 Å². The zero-order valence-corrected chi connectivity index (χ0v) is 17.2. The Labute approximate surface area is 186 Å². The van der Waals surface area contributed by atoms with Gasteiger partial charge in [0.1, 0.15) is 16.9 Å². The van der Waals surface area contributed by atoms with Gasteiger partial charge < -0.3 is 4.98 Å². The molecule has 0 radical (unpaired) electrons. The average molecular weight is 476 g/mol. The third-order valence-electron chi connectivity index (χ3n) is 4.66. The number of halogens is 4. The number of hydrazine groups is 1. The zero-order valence-electron chi connectivity index (χ0n) is 17.2. The number of benzene rings is 2. The second-order valence-electron chi connectivity index (χ2n) is 6.86. The van der Waals surface area contributed by atoms with Crippen molar-refractivity contribution in [2.75, 3.05) is 0 Å². The lowest BCUT2D eigenvalue weighted by molar-refractivity contribution is 0.0838. The Morgan fingerprint density at radius 2 is 1.38 bits per heavy atom. The number of hydrogen-bond donors (Lipinski definition) is 3. The van der Waals surface area contributed by atoms with Crippen LogP contribution in [0.4, 0.5) is 23.2 Å². The van der Waals surface area contributed by atoms with E-state index in [1.54, 1.807) is 10.9 Å². The van der Waals surface area contributed by atoms with Gasteiger partial charge in [-0.1, -0.05) is 5.11 Å². The number of aromatic amines is 1.